The van der Waals surface area contributed by atoms with Crippen molar-refractivity contribution in [2.24, 2.45) is 0 Å². The second-order valence-electron chi connectivity index (χ2n) is 3.32. The molecule has 9 nitrogen and oxygen atoms in total. The molecule has 1 heterocycles. The van der Waals surface area contributed by atoms with Gasteiger partial charge in [-0.3, -0.25) is 4.52 Å². The monoisotopic (exact) mass is 293 g/mol. The highest BCUT2D eigenvalue weighted by molar-refractivity contribution is 8.00. The molecular weight excluding hydrogens is 277 g/mol. The zero-order valence-corrected chi connectivity index (χ0v) is 10.4. The van der Waals surface area contributed by atoms with Gasteiger partial charge in [0.15, 0.2) is 0 Å². The van der Waals surface area contributed by atoms with Gasteiger partial charge in [0.05, 0.1) is 18.0 Å². The van der Waals surface area contributed by atoms with Crippen LogP contribution in [0, 0.1) is 0 Å². The molecule has 0 aromatic rings. The standard InChI is InChI=1S/C6H13O8PS.H3N/c7-3-2(1-14-15(11,12)13)16-6(10)5(9)4(3)8;/h2-10H,1H2,(H2,11,12,13);1H3. The summed E-state index contributed by atoms with van der Waals surface area (Å²) in [6.07, 6.45) is -4.53. The minimum absolute atomic E-state index is 0. The summed E-state index contributed by atoms with van der Waals surface area (Å²) in [5.74, 6) is 0. The van der Waals surface area contributed by atoms with E-state index in [9.17, 15) is 25.0 Å². The lowest BCUT2D eigenvalue weighted by Gasteiger charge is -2.37. The van der Waals surface area contributed by atoms with Gasteiger partial charge in [0, 0.05) is 0 Å². The van der Waals surface area contributed by atoms with E-state index in [1.165, 1.54) is 0 Å². The Morgan fingerprint density at radius 3 is 2.06 bits per heavy atom. The van der Waals surface area contributed by atoms with Gasteiger partial charge in [0.25, 0.3) is 0 Å². The Kier molecular flexibility index (Phi) is 6.53. The number of phosphoric acid groups is 1. The largest absolute Gasteiger partial charge is 0.469 e. The number of phosphoric ester groups is 1. The maximum absolute atomic E-state index is 10.4. The van der Waals surface area contributed by atoms with E-state index in [2.05, 4.69) is 4.52 Å². The molecule has 1 aliphatic rings. The molecule has 11 heteroatoms. The summed E-state index contributed by atoms with van der Waals surface area (Å²) in [6.45, 7) is -0.545. The van der Waals surface area contributed by atoms with Crippen LogP contribution in [-0.4, -0.2) is 65.8 Å². The molecule has 0 saturated carbocycles. The first-order chi connectivity index (χ1) is 7.22. The number of hydrogen-bond donors (Lipinski definition) is 7. The Bertz CT molecular complexity index is 287. The second-order valence-corrected chi connectivity index (χ2v) is 5.92. The Balaban J connectivity index is 0.00000256. The molecule has 1 aliphatic heterocycles. The van der Waals surface area contributed by atoms with E-state index in [-0.39, 0.29) is 6.15 Å². The molecule has 0 radical (unpaired) electrons. The smallest absolute Gasteiger partial charge is 0.389 e. The highest BCUT2D eigenvalue weighted by atomic mass is 32.2. The first kappa shape index (κ1) is 17.3. The molecule has 0 aliphatic carbocycles. The van der Waals surface area contributed by atoms with Crippen molar-refractivity contribution < 1.29 is 39.3 Å². The summed E-state index contributed by atoms with van der Waals surface area (Å²) >= 11 is 0.674. The lowest BCUT2D eigenvalue weighted by molar-refractivity contribution is -0.0951. The molecule has 0 aromatic carbocycles. The number of hydrogen-bond acceptors (Lipinski definition) is 8. The van der Waals surface area contributed by atoms with E-state index in [0.717, 1.165) is 0 Å². The number of aliphatic hydroxyl groups excluding tert-OH is 4. The first-order valence-electron chi connectivity index (χ1n) is 4.30. The summed E-state index contributed by atoms with van der Waals surface area (Å²) in [5, 5.41) is 36.3. The molecule has 0 bridgehead atoms. The highest BCUT2D eigenvalue weighted by Crippen LogP contribution is 2.39. The van der Waals surface area contributed by atoms with Crippen molar-refractivity contribution in [1.82, 2.24) is 6.15 Å². The minimum Gasteiger partial charge on any atom is -0.389 e. The average Bonchev–Trinajstić information content (AvgIpc) is 2.17. The molecule has 5 unspecified atom stereocenters. The molecule has 1 saturated heterocycles. The normalized spacial score (nSPS) is 38.6. The van der Waals surface area contributed by atoms with Crippen LogP contribution < -0.4 is 6.15 Å². The highest BCUT2D eigenvalue weighted by Gasteiger charge is 2.43. The summed E-state index contributed by atoms with van der Waals surface area (Å²) in [6, 6.07) is 0. The van der Waals surface area contributed by atoms with E-state index < -0.39 is 43.4 Å². The van der Waals surface area contributed by atoms with Crippen LogP contribution in [0.2, 0.25) is 0 Å². The number of rotatable bonds is 3. The maximum atomic E-state index is 10.4. The van der Waals surface area contributed by atoms with Crippen LogP contribution in [0.15, 0.2) is 0 Å². The lowest BCUT2D eigenvalue weighted by Crippen LogP contribution is -2.54. The molecule has 5 atom stereocenters. The number of aliphatic hydroxyl groups is 4. The molecule has 0 amide bonds. The van der Waals surface area contributed by atoms with Gasteiger partial charge in [0.1, 0.15) is 17.6 Å². The zero-order chi connectivity index (χ0) is 12.5. The van der Waals surface area contributed by atoms with E-state index >= 15 is 0 Å². The molecule has 1 fully saturated rings. The quantitative estimate of drug-likeness (QED) is 0.281. The fourth-order valence-electron chi connectivity index (χ4n) is 1.24. The van der Waals surface area contributed by atoms with Crippen LogP contribution in [0.3, 0.4) is 0 Å². The third kappa shape index (κ3) is 4.79. The zero-order valence-electron chi connectivity index (χ0n) is 8.66. The van der Waals surface area contributed by atoms with Crippen molar-refractivity contribution in [3.63, 3.8) is 0 Å². The van der Waals surface area contributed by atoms with Gasteiger partial charge >= 0.3 is 7.82 Å². The summed E-state index contributed by atoms with van der Waals surface area (Å²) in [4.78, 5) is 16.9. The molecule has 1 rings (SSSR count). The van der Waals surface area contributed by atoms with E-state index in [1.54, 1.807) is 0 Å². The molecule has 0 spiro atoms. The van der Waals surface area contributed by atoms with Gasteiger partial charge in [-0.25, -0.2) is 4.57 Å². The average molecular weight is 293 g/mol. The Morgan fingerprint density at radius 2 is 1.59 bits per heavy atom. The summed E-state index contributed by atoms with van der Waals surface area (Å²) in [7, 11) is -4.66. The van der Waals surface area contributed by atoms with Crippen molar-refractivity contribution in [3.05, 3.63) is 0 Å². The third-order valence-electron chi connectivity index (χ3n) is 2.09. The Morgan fingerprint density at radius 1 is 1.06 bits per heavy atom. The van der Waals surface area contributed by atoms with Gasteiger partial charge < -0.3 is 36.4 Å². The SMILES string of the molecule is N.O=P(O)(O)OCC1SC(O)C(O)C(O)C1O. The fraction of sp³-hybridized carbons (Fsp3) is 1.00. The topological polar surface area (TPSA) is 183 Å². The second kappa shape index (κ2) is 6.43. The van der Waals surface area contributed by atoms with Crippen LogP contribution in [-0.2, 0) is 9.09 Å². The van der Waals surface area contributed by atoms with Crippen LogP contribution in [0.5, 0.6) is 0 Å². The van der Waals surface area contributed by atoms with Crippen molar-refractivity contribution in [1.29, 1.82) is 0 Å². The summed E-state index contributed by atoms with van der Waals surface area (Å²) < 4.78 is 14.6. The molecule has 0 aromatic heterocycles. The lowest BCUT2D eigenvalue weighted by atomic mass is 10.0. The van der Waals surface area contributed by atoms with Gasteiger partial charge in [-0.05, 0) is 0 Å². The Hall–Kier alpha value is 0.260. The molecule has 17 heavy (non-hydrogen) atoms. The van der Waals surface area contributed by atoms with E-state index in [1.807, 2.05) is 0 Å². The number of thioether (sulfide) groups is 1. The van der Waals surface area contributed by atoms with Crippen LogP contribution in [0.25, 0.3) is 0 Å². The predicted molar refractivity (Wildman–Crippen MR) is 58.4 cm³/mol. The van der Waals surface area contributed by atoms with Crippen molar-refractivity contribution >= 4 is 19.6 Å². The van der Waals surface area contributed by atoms with Crippen molar-refractivity contribution in [2.75, 3.05) is 6.61 Å². The minimum atomic E-state index is -4.66. The van der Waals surface area contributed by atoms with Crippen molar-refractivity contribution in [2.45, 2.75) is 29.0 Å². The van der Waals surface area contributed by atoms with Gasteiger partial charge in [-0.15, -0.1) is 11.8 Å². The van der Waals surface area contributed by atoms with E-state index in [0.29, 0.717) is 11.8 Å². The Labute approximate surface area is 101 Å². The first-order valence-corrected chi connectivity index (χ1v) is 6.77. The van der Waals surface area contributed by atoms with E-state index in [4.69, 9.17) is 9.79 Å². The maximum Gasteiger partial charge on any atom is 0.469 e. The van der Waals surface area contributed by atoms with Crippen LogP contribution in [0.1, 0.15) is 0 Å². The molecule has 9 N–H and O–H groups in total. The van der Waals surface area contributed by atoms with Crippen LogP contribution in [0.4, 0.5) is 0 Å². The van der Waals surface area contributed by atoms with Crippen LogP contribution >= 0.6 is 19.6 Å². The predicted octanol–water partition coefficient (Wildman–Crippen LogP) is -2.23. The summed E-state index contributed by atoms with van der Waals surface area (Å²) in [5.41, 5.74) is -1.34. The third-order valence-corrected chi connectivity index (χ3v) is 3.90. The molecule has 104 valence electrons. The van der Waals surface area contributed by atoms with Crippen molar-refractivity contribution in [3.8, 4) is 0 Å². The molecular formula is C6H16NO8PS. The van der Waals surface area contributed by atoms with Gasteiger partial charge in [0.2, 0.25) is 0 Å². The fourth-order valence-corrected chi connectivity index (χ4v) is 2.84. The van der Waals surface area contributed by atoms with Gasteiger partial charge in [-0.1, -0.05) is 0 Å². The van der Waals surface area contributed by atoms with Gasteiger partial charge in [-0.2, -0.15) is 0 Å².